The molecule has 1 amide bonds. The maximum absolute atomic E-state index is 11.5. The summed E-state index contributed by atoms with van der Waals surface area (Å²) in [6, 6.07) is 0.0519. The van der Waals surface area contributed by atoms with Gasteiger partial charge in [-0.3, -0.25) is 4.79 Å². The van der Waals surface area contributed by atoms with E-state index in [1.807, 2.05) is 6.92 Å². The van der Waals surface area contributed by atoms with E-state index in [2.05, 4.69) is 10.6 Å². The number of carbonyl (C=O) groups excluding carboxylic acids is 1. The van der Waals surface area contributed by atoms with Crippen molar-refractivity contribution in [3.63, 3.8) is 0 Å². The van der Waals surface area contributed by atoms with Gasteiger partial charge in [0.05, 0.1) is 6.10 Å². The molecule has 1 aliphatic heterocycles. The van der Waals surface area contributed by atoms with E-state index in [1.165, 1.54) is 0 Å². The molecule has 0 aromatic heterocycles. The minimum absolute atomic E-state index is 0.0519. The molecule has 4 N–H and O–H groups in total. The molecule has 1 heterocycles. The Kier molecular flexibility index (Phi) is 7.16. The zero-order valence-corrected chi connectivity index (χ0v) is 10.7. The molecule has 1 rings (SSSR count). The molecule has 0 bridgehead atoms. The molecule has 100 valence electrons. The van der Waals surface area contributed by atoms with Crippen molar-refractivity contribution in [2.24, 2.45) is 5.73 Å². The summed E-state index contributed by atoms with van der Waals surface area (Å²) in [4.78, 5) is 11.5. The Labute approximate surface area is 103 Å². The van der Waals surface area contributed by atoms with Crippen LogP contribution in [0.3, 0.4) is 0 Å². The Morgan fingerprint density at radius 3 is 3.00 bits per heavy atom. The van der Waals surface area contributed by atoms with Gasteiger partial charge >= 0.3 is 0 Å². The van der Waals surface area contributed by atoms with Crippen molar-refractivity contribution in [3.8, 4) is 0 Å². The summed E-state index contributed by atoms with van der Waals surface area (Å²) in [5.41, 5.74) is 5.65. The third-order valence-electron chi connectivity index (χ3n) is 2.95. The molecule has 2 unspecified atom stereocenters. The second kappa shape index (κ2) is 8.44. The van der Waals surface area contributed by atoms with Gasteiger partial charge in [-0.1, -0.05) is 6.92 Å². The van der Waals surface area contributed by atoms with Crippen molar-refractivity contribution in [1.29, 1.82) is 0 Å². The minimum atomic E-state index is 0.0519. The number of nitrogens with one attached hydrogen (secondary N) is 2. The number of rotatable bonds is 8. The molecule has 0 saturated carbocycles. The van der Waals surface area contributed by atoms with Gasteiger partial charge in [0.15, 0.2) is 0 Å². The van der Waals surface area contributed by atoms with E-state index in [9.17, 15) is 4.79 Å². The molecule has 17 heavy (non-hydrogen) atoms. The smallest absolute Gasteiger partial charge is 0.221 e. The molecule has 1 fully saturated rings. The normalized spacial score (nSPS) is 21.4. The summed E-state index contributed by atoms with van der Waals surface area (Å²) in [7, 11) is 0. The van der Waals surface area contributed by atoms with Gasteiger partial charge in [0.1, 0.15) is 0 Å². The Bertz CT molecular complexity index is 218. The van der Waals surface area contributed by atoms with E-state index in [4.69, 9.17) is 10.5 Å². The predicted octanol–water partition coefficient (Wildman–Crippen LogP) is -0.00140. The van der Waals surface area contributed by atoms with Crippen LogP contribution >= 0.6 is 0 Å². The molecule has 1 aliphatic rings. The zero-order chi connectivity index (χ0) is 12.5. The first-order valence-electron chi connectivity index (χ1n) is 6.58. The standard InChI is InChI=1S/C12H25N3O2/c1-2-5-14-12(16)7-10(8-13)15-9-11-4-3-6-17-11/h10-11,15H,2-9,13H2,1H3,(H,14,16). The fourth-order valence-electron chi connectivity index (χ4n) is 1.90. The second-order valence-corrected chi connectivity index (χ2v) is 4.53. The highest BCUT2D eigenvalue weighted by Gasteiger charge is 2.18. The average molecular weight is 243 g/mol. The zero-order valence-electron chi connectivity index (χ0n) is 10.7. The van der Waals surface area contributed by atoms with Gasteiger partial charge in [-0.25, -0.2) is 0 Å². The molecular formula is C12H25N3O2. The Hall–Kier alpha value is -0.650. The van der Waals surface area contributed by atoms with Gasteiger partial charge in [0, 0.05) is 38.7 Å². The SMILES string of the molecule is CCCNC(=O)CC(CN)NCC1CCCO1. The molecule has 5 nitrogen and oxygen atoms in total. The van der Waals surface area contributed by atoms with Gasteiger partial charge in [-0.15, -0.1) is 0 Å². The van der Waals surface area contributed by atoms with Crippen molar-refractivity contribution in [1.82, 2.24) is 10.6 Å². The lowest BCUT2D eigenvalue weighted by atomic mass is 10.1. The number of hydrogen-bond donors (Lipinski definition) is 3. The van der Waals surface area contributed by atoms with Crippen LogP contribution in [-0.4, -0.2) is 44.3 Å². The molecule has 2 atom stereocenters. The third-order valence-corrected chi connectivity index (χ3v) is 2.95. The van der Waals surface area contributed by atoms with E-state index < -0.39 is 0 Å². The summed E-state index contributed by atoms with van der Waals surface area (Å²) < 4.78 is 5.51. The maximum Gasteiger partial charge on any atom is 0.221 e. The van der Waals surface area contributed by atoms with Crippen LogP contribution in [0, 0.1) is 0 Å². The lowest BCUT2D eigenvalue weighted by Crippen LogP contribution is -2.43. The Morgan fingerprint density at radius 1 is 1.59 bits per heavy atom. The maximum atomic E-state index is 11.5. The lowest BCUT2D eigenvalue weighted by Gasteiger charge is -2.18. The first-order valence-corrected chi connectivity index (χ1v) is 6.58. The van der Waals surface area contributed by atoms with Crippen LogP contribution < -0.4 is 16.4 Å². The van der Waals surface area contributed by atoms with Crippen molar-refractivity contribution in [3.05, 3.63) is 0 Å². The van der Waals surface area contributed by atoms with E-state index in [0.717, 1.165) is 39.0 Å². The van der Waals surface area contributed by atoms with Crippen LogP contribution in [-0.2, 0) is 9.53 Å². The van der Waals surface area contributed by atoms with Gasteiger partial charge in [-0.05, 0) is 19.3 Å². The fraction of sp³-hybridized carbons (Fsp3) is 0.917. The van der Waals surface area contributed by atoms with E-state index in [-0.39, 0.29) is 11.9 Å². The highest BCUT2D eigenvalue weighted by molar-refractivity contribution is 5.76. The summed E-state index contributed by atoms with van der Waals surface area (Å²) in [5.74, 6) is 0.0714. The van der Waals surface area contributed by atoms with Crippen molar-refractivity contribution >= 4 is 5.91 Å². The molecule has 0 spiro atoms. The topological polar surface area (TPSA) is 76.4 Å². The fourth-order valence-corrected chi connectivity index (χ4v) is 1.90. The van der Waals surface area contributed by atoms with Crippen LogP contribution in [0.1, 0.15) is 32.6 Å². The molecule has 1 saturated heterocycles. The second-order valence-electron chi connectivity index (χ2n) is 4.53. The molecule has 5 heteroatoms. The van der Waals surface area contributed by atoms with Crippen LogP contribution in [0.4, 0.5) is 0 Å². The third kappa shape index (κ3) is 6.00. The molecule has 0 aliphatic carbocycles. The van der Waals surface area contributed by atoms with Crippen LogP contribution in [0.2, 0.25) is 0 Å². The predicted molar refractivity (Wildman–Crippen MR) is 67.7 cm³/mol. The molecule has 0 aromatic rings. The van der Waals surface area contributed by atoms with Crippen molar-refractivity contribution in [2.75, 3.05) is 26.2 Å². The monoisotopic (exact) mass is 243 g/mol. The molecule has 0 radical (unpaired) electrons. The Balaban J connectivity index is 2.15. The quantitative estimate of drug-likeness (QED) is 0.561. The first-order chi connectivity index (χ1) is 8.26. The molecule has 0 aromatic carbocycles. The first kappa shape index (κ1) is 14.4. The van der Waals surface area contributed by atoms with Crippen LogP contribution in [0.5, 0.6) is 0 Å². The minimum Gasteiger partial charge on any atom is -0.377 e. The lowest BCUT2D eigenvalue weighted by molar-refractivity contribution is -0.121. The summed E-state index contributed by atoms with van der Waals surface area (Å²) in [6.45, 7) is 4.91. The van der Waals surface area contributed by atoms with Crippen molar-refractivity contribution < 1.29 is 9.53 Å². The Morgan fingerprint density at radius 2 is 2.41 bits per heavy atom. The van der Waals surface area contributed by atoms with Gasteiger partial charge in [-0.2, -0.15) is 0 Å². The van der Waals surface area contributed by atoms with Crippen LogP contribution in [0.15, 0.2) is 0 Å². The highest BCUT2D eigenvalue weighted by atomic mass is 16.5. The van der Waals surface area contributed by atoms with E-state index in [0.29, 0.717) is 19.1 Å². The van der Waals surface area contributed by atoms with Gasteiger partial charge < -0.3 is 21.1 Å². The average Bonchev–Trinajstić information content (AvgIpc) is 2.84. The number of amides is 1. The highest BCUT2D eigenvalue weighted by Crippen LogP contribution is 2.10. The van der Waals surface area contributed by atoms with Gasteiger partial charge in [0.2, 0.25) is 5.91 Å². The number of carbonyl (C=O) groups is 1. The van der Waals surface area contributed by atoms with Crippen molar-refractivity contribution in [2.45, 2.75) is 44.8 Å². The molecular weight excluding hydrogens is 218 g/mol. The largest absolute Gasteiger partial charge is 0.377 e. The number of ether oxygens (including phenoxy) is 1. The van der Waals surface area contributed by atoms with E-state index >= 15 is 0 Å². The van der Waals surface area contributed by atoms with E-state index in [1.54, 1.807) is 0 Å². The summed E-state index contributed by atoms with van der Waals surface area (Å²) in [6.07, 6.45) is 3.94. The number of hydrogen-bond acceptors (Lipinski definition) is 4. The number of nitrogens with two attached hydrogens (primary N) is 1. The van der Waals surface area contributed by atoms with Gasteiger partial charge in [0.25, 0.3) is 0 Å². The summed E-state index contributed by atoms with van der Waals surface area (Å²) in [5, 5.41) is 6.17. The summed E-state index contributed by atoms with van der Waals surface area (Å²) >= 11 is 0. The van der Waals surface area contributed by atoms with Crippen LogP contribution in [0.25, 0.3) is 0 Å².